The molecule has 0 spiro atoms. The van der Waals surface area contributed by atoms with Gasteiger partial charge in [-0.2, -0.15) is 5.26 Å². The molecular weight excluding hydrogens is 290 g/mol. The van der Waals surface area contributed by atoms with Crippen molar-refractivity contribution in [2.45, 2.75) is 57.8 Å². The van der Waals surface area contributed by atoms with Gasteiger partial charge in [0, 0.05) is 0 Å². The smallest absolute Gasteiger partial charge is 0.0991 e. The van der Waals surface area contributed by atoms with E-state index in [1.165, 1.54) is 44.1 Å². The van der Waals surface area contributed by atoms with E-state index < -0.39 is 0 Å². The van der Waals surface area contributed by atoms with Gasteiger partial charge < -0.3 is 0 Å². The van der Waals surface area contributed by atoms with Crippen molar-refractivity contribution in [2.24, 2.45) is 5.92 Å². The highest BCUT2D eigenvalue weighted by atomic mass is 14.3. The summed E-state index contributed by atoms with van der Waals surface area (Å²) in [7, 11) is 0. The Bertz CT molecular complexity index is 779. The number of fused-ring (bicyclic) bond motifs is 3. The Kier molecular flexibility index (Phi) is 4.15. The van der Waals surface area contributed by atoms with Gasteiger partial charge in [-0.15, -0.1) is 0 Å². The lowest BCUT2D eigenvalue weighted by molar-refractivity contribution is 0.441. The van der Waals surface area contributed by atoms with E-state index in [1.54, 1.807) is 22.3 Å². The Labute approximate surface area is 145 Å². The molecule has 2 aliphatic carbocycles. The molecular formula is C23H25N. The zero-order valence-electron chi connectivity index (χ0n) is 14.5. The Morgan fingerprint density at radius 3 is 2.25 bits per heavy atom. The molecule has 24 heavy (non-hydrogen) atoms. The van der Waals surface area contributed by atoms with E-state index in [9.17, 15) is 0 Å². The first kappa shape index (κ1) is 15.5. The largest absolute Gasteiger partial charge is 0.192 e. The van der Waals surface area contributed by atoms with Crippen molar-refractivity contribution in [3.8, 4) is 6.07 Å². The molecule has 2 atom stereocenters. The Morgan fingerprint density at radius 2 is 1.58 bits per heavy atom. The molecule has 1 heteroatoms. The highest BCUT2D eigenvalue weighted by Crippen LogP contribution is 2.38. The second-order valence-corrected chi connectivity index (χ2v) is 7.53. The van der Waals surface area contributed by atoms with Crippen molar-refractivity contribution in [3.63, 3.8) is 0 Å². The maximum absolute atomic E-state index is 8.97. The summed E-state index contributed by atoms with van der Waals surface area (Å²) in [5, 5.41) is 8.97. The fraction of sp³-hybridized carbons (Fsp3) is 0.435. The van der Waals surface area contributed by atoms with Gasteiger partial charge in [0.05, 0.1) is 11.6 Å². The third-order valence-electron chi connectivity index (χ3n) is 6.23. The Hall–Kier alpha value is -2.07. The van der Waals surface area contributed by atoms with Gasteiger partial charge in [-0.1, -0.05) is 37.6 Å². The summed E-state index contributed by atoms with van der Waals surface area (Å²) in [6, 6.07) is 15.3. The second-order valence-electron chi connectivity index (χ2n) is 7.53. The fourth-order valence-corrected chi connectivity index (χ4v) is 4.71. The van der Waals surface area contributed by atoms with Crippen molar-refractivity contribution in [3.05, 3.63) is 69.8 Å². The Balaban J connectivity index is 1.59. The number of hydrogen-bond acceptors (Lipinski definition) is 1. The van der Waals surface area contributed by atoms with E-state index >= 15 is 0 Å². The van der Waals surface area contributed by atoms with Crippen molar-refractivity contribution in [1.82, 2.24) is 0 Å². The molecule has 2 aromatic rings. The number of benzene rings is 2. The number of hydrogen-bond donors (Lipinski definition) is 0. The molecule has 0 radical (unpaired) electrons. The van der Waals surface area contributed by atoms with Crippen LogP contribution in [0.2, 0.25) is 0 Å². The monoisotopic (exact) mass is 315 g/mol. The molecule has 0 aliphatic heterocycles. The first-order valence-corrected chi connectivity index (χ1v) is 9.41. The van der Waals surface area contributed by atoms with E-state index in [4.69, 9.17) is 5.26 Å². The summed E-state index contributed by atoms with van der Waals surface area (Å²) in [5.41, 5.74) is 8.72. The molecule has 0 saturated heterocycles. The summed E-state index contributed by atoms with van der Waals surface area (Å²) >= 11 is 0. The van der Waals surface area contributed by atoms with E-state index in [2.05, 4.69) is 37.3 Å². The van der Waals surface area contributed by atoms with Crippen LogP contribution in [0.5, 0.6) is 0 Å². The minimum atomic E-state index is 0.607. The first-order chi connectivity index (χ1) is 11.8. The molecule has 2 aromatic carbocycles. The van der Waals surface area contributed by atoms with Crippen LogP contribution < -0.4 is 0 Å². The van der Waals surface area contributed by atoms with Crippen LogP contribution in [0.25, 0.3) is 0 Å². The van der Waals surface area contributed by atoms with E-state index in [0.29, 0.717) is 5.92 Å². The third kappa shape index (κ3) is 2.75. The molecule has 0 bridgehead atoms. The van der Waals surface area contributed by atoms with Gasteiger partial charge in [0.2, 0.25) is 0 Å². The molecule has 0 fully saturated rings. The molecule has 2 aliphatic rings. The molecule has 2 unspecified atom stereocenters. The predicted octanol–water partition coefficient (Wildman–Crippen LogP) is 5.35. The lowest BCUT2D eigenvalue weighted by atomic mass is 9.73. The second kappa shape index (κ2) is 6.44. The quantitative estimate of drug-likeness (QED) is 0.733. The molecule has 122 valence electrons. The molecule has 0 saturated carbocycles. The molecule has 0 heterocycles. The van der Waals surface area contributed by atoms with E-state index in [0.717, 1.165) is 17.9 Å². The van der Waals surface area contributed by atoms with Gasteiger partial charge in [-0.25, -0.2) is 0 Å². The predicted molar refractivity (Wildman–Crippen MR) is 98.2 cm³/mol. The maximum atomic E-state index is 8.97. The van der Waals surface area contributed by atoms with E-state index in [1.807, 2.05) is 12.1 Å². The summed E-state index contributed by atoms with van der Waals surface area (Å²) in [5.74, 6) is 1.50. The first-order valence-electron chi connectivity index (χ1n) is 9.41. The molecule has 0 N–H and O–H groups in total. The normalized spacial score (nSPS) is 22.3. The molecule has 0 aromatic heterocycles. The van der Waals surface area contributed by atoms with Crippen molar-refractivity contribution in [1.29, 1.82) is 5.26 Å². The average Bonchev–Trinajstić information content (AvgIpc) is 2.67. The fourth-order valence-electron chi connectivity index (χ4n) is 4.71. The summed E-state index contributed by atoms with van der Waals surface area (Å²) < 4.78 is 0. The Morgan fingerprint density at radius 1 is 0.917 bits per heavy atom. The average molecular weight is 315 g/mol. The van der Waals surface area contributed by atoms with Crippen LogP contribution >= 0.6 is 0 Å². The van der Waals surface area contributed by atoms with Gasteiger partial charge in [-0.05, 0) is 90.3 Å². The lowest BCUT2D eigenvalue weighted by Gasteiger charge is -2.31. The van der Waals surface area contributed by atoms with Crippen molar-refractivity contribution < 1.29 is 0 Å². The minimum absolute atomic E-state index is 0.607. The standard InChI is InChI=1S/C23H25N/c1-2-16-5-11-22-20(13-16)8-9-21-14-19(10-12-23(21)22)18-6-3-17(15-24)4-7-18/h3-4,6-9,16,19H,2,5,10-14H2,1H3. The topological polar surface area (TPSA) is 23.8 Å². The highest BCUT2D eigenvalue weighted by Gasteiger charge is 2.26. The van der Waals surface area contributed by atoms with Crippen molar-refractivity contribution in [2.75, 3.05) is 0 Å². The van der Waals surface area contributed by atoms with Gasteiger partial charge >= 0.3 is 0 Å². The SMILES string of the molecule is CCC1CCc2c(ccc3c2CCC(c2ccc(C#N)cc2)C3)C1. The number of nitriles is 1. The van der Waals surface area contributed by atoms with Crippen LogP contribution in [0.15, 0.2) is 36.4 Å². The minimum Gasteiger partial charge on any atom is -0.192 e. The van der Waals surface area contributed by atoms with Gasteiger partial charge in [-0.3, -0.25) is 0 Å². The van der Waals surface area contributed by atoms with Crippen LogP contribution in [0.1, 0.15) is 65.5 Å². The highest BCUT2D eigenvalue weighted by molar-refractivity contribution is 5.46. The summed E-state index contributed by atoms with van der Waals surface area (Å²) in [6.07, 6.45) is 8.89. The van der Waals surface area contributed by atoms with Crippen LogP contribution in [-0.2, 0) is 25.7 Å². The maximum Gasteiger partial charge on any atom is 0.0991 e. The lowest BCUT2D eigenvalue weighted by Crippen LogP contribution is -2.20. The van der Waals surface area contributed by atoms with E-state index in [-0.39, 0.29) is 0 Å². The summed E-state index contributed by atoms with van der Waals surface area (Å²) in [6.45, 7) is 2.33. The summed E-state index contributed by atoms with van der Waals surface area (Å²) in [4.78, 5) is 0. The van der Waals surface area contributed by atoms with Gasteiger partial charge in [0.25, 0.3) is 0 Å². The van der Waals surface area contributed by atoms with Gasteiger partial charge in [0.1, 0.15) is 0 Å². The van der Waals surface area contributed by atoms with Crippen LogP contribution in [0, 0.1) is 17.2 Å². The van der Waals surface area contributed by atoms with Gasteiger partial charge in [0.15, 0.2) is 0 Å². The third-order valence-corrected chi connectivity index (χ3v) is 6.23. The number of rotatable bonds is 2. The zero-order chi connectivity index (χ0) is 16.5. The number of nitrogens with zero attached hydrogens (tertiary/aromatic N) is 1. The zero-order valence-corrected chi connectivity index (χ0v) is 14.5. The molecule has 4 rings (SSSR count). The molecule has 1 nitrogen and oxygen atoms in total. The van der Waals surface area contributed by atoms with Crippen LogP contribution in [0.3, 0.4) is 0 Å². The van der Waals surface area contributed by atoms with Crippen molar-refractivity contribution >= 4 is 0 Å². The molecule has 0 amide bonds. The van der Waals surface area contributed by atoms with Crippen LogP contribution in [0.4, 0.5) is 0 Å². The van der Waals surface area contributed by atoms with Crippen LogP contribution in [-0.4, -0.2) is 0 Å².